The number of fused-ring (bicyclic) bond motifs is 2. The highest BCUT2D eigenvalue weighted by Crippen LogP contribution is 2.62. The molecule has 1 aromatic rings. The van der Waals surface area contributed by atoms with Crippen molar-refractivity contribution in [3.05, 3.63) is 24.3 Å². The highest BCUT2D eigenvalue weighted by atomic mass is 16.5. The Labute approximate surface area is 149 Å². The van der Waals surface area contributed by atoms with E-state index in [1.807, 2.05) is 24.3 Å². The Kier molecular flexibility index (Phi) is 4.46. The Balaban J connectivity index is 1.29. The average molecular weight is 344 g/mol. The first-order chi connectivity index (χ1) is 12.1. The maximum Gasteiger partial charge on any atom is 0.225 e. The Morgan fingerprint density at radius 1 is 1.36 bits per heavy atom. The van der Waals surface area contributed by atoms with Gasteiger partial charge in [-0.3, -0.25) is 4.79 Å². The molecule has 1 aliphatic heterocycles. The van der Waals surface area contributed by atoms with E-state index in [0.29, 0.717) is 29.9 Å². The van der Waals surface area contributed by atoms with Gasteiger partial charge in [-0.2, -0.15) is 0 Å². The molecule has 5 nitrogen and oxygen atoms in total. The lowest BCUT2D eigenvalue weighted by Crippen LogP contribution is -2.72. The van der Waals surface area contributed by atoms with E-state index in [-0.39, 0.29) is 11.9 Å². The van der Waals surface area contributed by atoms with Crippen molar-refractivity contribution in [2.24, 2.45) is 11.3 Å². The summed E-state index contributed by atoms with van der Waals surface area (Å²) in [7, 11) is 1.64. The molecule has 2 aliphatic carbocycles. The Morgan fingerprint density at radius 3 is 2.76 bits per heavy atom. The Bertz CT molecular complexity index is 626. The summed E-state index contributed by atoms with van der Waals surface area (Å²) in [5, 5.41) is 6.72. The molecule has 0 aromatic heterocycles. The molecule has 0 radical (unpaired) electrons. The third-order valence-electron chi connectivity index (χ3n) is 6.37. The van der Waals surface area contributed by atoms with Crippen molar-refractivity contribution in [2.75, 3.05) is 19.0 Å². The number of benzene rings is 1. The summed E-state index contributed by atoms with van der Waals surface area (Å²) < 4.78 is 11.1. The maximum absolute atomic E-state index is 12.3. The predicted octanol–water partition coefficient (Wildman–Crippen LogP) is 2.96. The van der Waals surface area contributed by atoms with Crippen molar-refractivity contribution in [1.82, 2.24) is 5.32 Å². The minimum Gasteiger partial charge on any atom is -0.497 e. The van der Waals surface area contributed by atoms with Gasteiger partial charge in [-0.1, -0.05) is 6.42 Å². The van der Waals surface area contributed by atoms with Crippen molar-refractivity contribution < 1.29 is 14.3 Å². The number of nitrogens with one attached hydrogen (secondary N) is 2. The first kappa shape index (κ1) is 16.9. The van der Waals surface area contributed by atoms with Crippen molar-refractivity contribution in [2.45, 2.75) is 57.2 Å². The van der Waals surface area contributed by atoms with Gasteiger partial charge in [-0.15, -0.1) is 0 Å². The fraction of sp³-hybridized carbons (Fsp3) is 0.650. The molecule has 5 heteroatoms. The predicted molar refractivity (Wildman–Crippen MR) is 96.8 cm³/mol. The van der Waals surface area contributed by atoms with Gasteiger partial charge < -0.3 is 20.1 Å². The third kappa shape index (κ3) is 2.93. The molecule has 1 spiro atoms. The number of rotatable bonds is 6. The van der Waals surface area contributed by atoms with E-state index in [9.17, 15) is 4.79 Å². The standard InChI is InChI=1S/C20H28N2O3/c1-13(12-17(23)22-14-4-6-15(24-2)7-5-14)21-18-16-8-11-25-19(16)20(18)9-3-10-20/h4-7,13,16,18-19,21H,3,8-12H2,1-2H3,(H,22,23)/t13-,16-,18+,19+/m0/s1. The van der Waals surface area contributed by atoms with Gasteiger partial charge in [0.2, 0.25) is 5.91 Å². The molecule has 136 valence electrons. The van der Waals surface area contributed by atoms with Crippen LogP contribution in [0.3, 0.4) is 0 Å². The number of methoxy groups -OCH3 is 1. The molecule has 25 heavy (non-hydrogen) atoms. The van der Waals surface area contributed by atoms with E-state index in [4.69, 9.17) is 9.47 Å². The third-order valence-corrected chi connectivity index (χ3v) is 6.37. The van der Waals surface area contributed by atoms with Crippen LogP contribution >= 0.6 is 0 Å². The number of anilines is 1. The van der Waals surface area contributed by atoms with Gasteiger partial charge in [0.25, 0.3) is 0 Å². The van der Waals surface area contributed by atoms with Crippen LogP contribution in [0.4, 0.5) is 5.69 Å². The summed E-state index contributed by atoms with van der Waals surface area (Å²) in [6.45, 7) is 3.02. The van der Waals surface area contributed by atoms with Crippen molar-refractivity contribution in [3.8, 4) is 5.75 Å². The van der Waals surface area contributed by atoms with Crippen LogP contribution in [-0.2, 0) is 9.53 Å². The van der Waals surface area contributed by atoms with Crippen molar-refractivity contribution >= 4 is 11.6 Å². The van der Waals surface area contributed by atoms with Crippen LogP contribution in [0.15, 0.2) is 24.3 Å². The summed E-state index contributed by atoms with van der Waals surface area (Å²) in [5.74, 6) is 1.48. The lowest BCUT2D eigenvalue weighted by atomic mass is 9.46. The normalized spacial score (nSPS) is 30.1. The van der Waals surface area contributed by atoms with E-state index in [1.165, 1.54) is 19.3 Å². The molecule has 1 saturated heterocycles. The minimum atomic E-state index is 0.0476. The molecule has 3 aliphatic rings. The quantitative estimate of drug-likeness (QED) is 0.833. The summed E-state index contributed by atoms with van der Waals surface area (Å²) in [4.78, 5) is 12.3. The first-order valence-corrected chi connectivity index (χ1v) is 9.44. The molecular weight excluding hydrogens is 316 g/mol. The van der Waals surface area contributed by atoms with Crippen LogP contribution in [0.5, 0.6) is 5.75 Å². The highest BCUT2D eigenvalue weighted by molar-refractivity contribution is 5.91. The highest BCUT2D eigenvalue weighted by Gasteiger charge is 2.66. The van der Waals surface area contributed by atoms with E-state index in [0.717, 1.165) is 24.5 Å². The Morgan fingerprint density at radius 2 is 2.12 bits per heavy atom. The van der Waals surface area contributed by atoms with E-state index in [1.54, 1.807) is 7.11 Å². The number of ether oxygens (including phenoxy) is 2. The monoisotopic (exact) mass is 344 g/mol. The lowest BCUT2D eigenvalue weighted by molar-refractivity contribution is -0.178. The summed E-state index contributed by atoms with van der Waals surface area (Å²) in [6, 6.07) is 8.13. The van der Waals surface area contributed by atoms with Gasteiger partial charge >= 0.3 is 0 Å². The van der Waals surface area contributed by atoms with Crippen LogP contribution < -0.4 is 15.4 Å². The fourth-order valence-corrected chi connectivity index (χ4v) is 5.02. The second kappa shape index (κ2) is 6.61. The van der Waals surface area contributed by atoms with Crippen LogP contribution in [0.1, 0.15) is 39.0 Å². The van der Waals surface area contributed by atoms with Gasteiger partial charge in [0, 0.05) is 42.1 Å². The van der Waals surface area contributed by atoms with E-state index >= 15 is 0 Å². The topological polar surface area (TPSA) is 59.6 Å². The SMILES string of the molecule is COc1ccc(NC(=O)C[C@H](C)N[C@@H]2[C@@H]3CCO[C@H]3C23CCC3)cc1. The molecule has 3 fully saturated rings. The second-order valence-electron chi connectivity index (χ2n) is 7.86. The zero-order valence-corrected chi connectivity index (χ0v) is 15.1. The number of carbonyl (C=O) groups excluding carboxylic acids is 1. The molecule has 1 amide bonds. The first-order valence-electron chi connectivity index (χ1n) is 9.44. The second-order valence-corrected chi connectivity index (χ2v) is 7.86. The molecule has 4 rings (SSSR count). The Hall–Kier alpha value is -1.59. The molecule has 1 heterocycles. The van der Waals surface area contributed by atoms with Crippen molar-refractivity contribution in [1.29, 1.82) is 0 Å². The van der Waals surface area contributed by atoms with Crippen LogP contribution in [0, 0.1) is 11.3 Å². The van der Waals surface area contributed by atoms with E-state index < -0.39 is 0 Å². The molecule has 1 aromatic carbocycles. The average Bonchev–Trinajstić information content (AvgIpc) is 2.97. The number of hydrogen-bond donors (Lipinski definition) is 2. The molecule has 2 saturated carbocycles. The number of carbonyl (C=O) groups is 1. The summed E-state index contributed by atoms with van der Waals surface area (Å²) in [5.41, 5.74) is 1.17. The number of hydrogen-bond acceptors (Lipinski definition) is 4. The van der Waals surface area contributed by atoms with Gasteiger partial charge in [0.1, 0.15) is 5.75 Å². The molecule has 0 bridgehead atoms. The van der Waals surface area contributed by atoms with Gasteiger partial charge in [0.05, 0.1) is 13.2 Å². The molecule has 0 unspecified atom stereocenters. The zero-order valence-electron chi connectivity index (χ0n) is 15.1. The zero-order chi connectivity index (χ0) is 17.4. The van der Waals surface area contributed by atoms with Crippen molar-refractivity contribution in [3.63, 3.8) is 0 Å². The van der Waals surface area contributed by atoms with Gasteiger partial charge in [-0.05, 0) is 50.5 Å². The van der Waals surface area contributed by atoms with Crippen LogP contribution in [0.2, 0.25) is 0 Å². The summed E-state index contributed by atoms with van der Waals surface area (Å²) >= 11 is 0. The molecule has 2 N–H and O–H groups in total. The van der Waals surface area contributed by atoms with Crippen LogP contribution in [-0.4, -0.2) is 37.8 Å². The lowest BCUT2D eigenvalue weighted by Gasteiger charge is -2.64. The maximum atomic E-state index is 12.3. The minimum absolute atomic E-state index is 0.0476. The molecular formula is C20H28N2O3. The fourth-order valence-electron chi connectivity index (χ4n) is 5.02. The summed E-state index contributed by atoms with van der Waals surface area (Å²) in [6.07, 6.45) is 5.98. The smallest absolute Gasteiger partial charge is 0.225 e. The largest absolute Gasteiger partial charge is 0.497 e. The van der Waals surface area contributed by atoms with Crippen LogP contribution in [0.25, 0.3) is 0 Å². The van der Waals surface area contributed by atoms with E-state index in [2.05, 4.69) is 17.6 Å². The van der Waals surface area contributed by atoms with Gasteiger partial charge in [0.15, 0.2) is 0 Å². The number of amides is 1. The van der Waals surface area contributed by atoms with Gasteiger partial charge in [-0.25, -0.2) is 0 Å². The molecule has 4 atom stereocenters.